The van der Waals surface area contributed by atoms with Crippen LogP contribution in [0, 0.1) is 17.4 Å². The number of halogens is 3. The molecule has 2 aromatic rings. The second kappa shape index (κ2) is 9.00. The standard InChI is InChI=1S/C17H15Br2IN2O3/c1-9-3-12(20)4-10(2)17(9)25-8-16(24)22-21-7-11-5-15(23)14(19)6-13(11)18/h3-7,23H,8H2,1-2H3,(H,22,24). The van der Waals surface area contributed by atoms with Crippen LogP contribution in [0.3, 0.4) is 0 Å². The molecule has 0 spiro atoms. The summed E-state index contributed by atoms with van der Waals surface area (Å²) < 4.78 is 8.02. The minimum absolute atomic E-state index is 0.0870. The zero-order chi connectivity index (χ0) is 18.6. The summed E-state index contributed by atoms with van der Waals surface area (Å²) in [7, 11) is 0. The largest absolute Gasteiger partial charge is 0.507 e. The first kappa shape index (κ1) is 20.2. The molecule has 132 valence electrons. The molecule has 1 amide bonds. The van der Waals surface area contributed by atoms with Crippen molar-refractivity contribution in [1.29, 1.82) is 0 Å². The maximum absolute atomic E-state index is 11.9. The van der Waals surface area contributed by atoms with Crippen LogP contribution >= 0.6 is 54.5 Å². The van der Waals surface area contributed by atoms with Gasteiger partial charge in [0.15, 0.2) is 6.61 Å². The number of phenols is 1. The Labute approximate surface area is 176 Å². The monoisotopic (exact) mass is 580 g/mol. The van der Waals surface area contributed by atoms with E-state index in [9.17, 15) is 9.90 Å². The maximum atomic E-state index is 11.9. The molecule has 0 aliphatic carbocycles. The molecule has 0 heterocycles. The van der Waals surface area contributed by atoms with Crippen LogP contribution in [-0.2, 0) is 4.79 Å². The normalized spacial score (nSPS) is 10.9. The fraction of sp³-hybridized carbons (Fsp3) is 0.176. The van der Waals surface area contributed by atoms with Crippen LogP contribution in [0.25, 0.3) is 0 Å². The van der Waals surface area contributed by atoms with Gasteiger partial charge in [0.25, 0.3) is 5.91 Å². The highest BCUT2D eigenvalue weighted by Gasteiger charge is 2.08. The summed E-state index contributed by atoms with van der Waals surface area (Å²) in [6.45, 7) is 3.75. The van der Waals surface area contributed by atoms with Crippen molar-refractivity contribution in [3.8, 4) is 11.5 Å². The summed E-state index contributed by atoms with van der Waals surface area (Å²) in [4.78, 5) is 11.9. The van der Waals surface area contributed by atoms with E-state index in [2.05, 4.69) is 65.0 Å². The molecule has 25 heavy (non-hydrogen) atoms. The number of phenolic OH excluding ortho intramolecular Hbond substituents is 1. The van der Waals surface area contributed by atoms with Crippen LogP contribution in [0.1, 0.15) is 16.7 Å². The first-order valence-electron chi connectivity index (χ1n) is 7.17. The Morgan fingerprint density at radius 3 is 2.52 bits per heavy atom. The number of hydrazone groups is 1. The van der Waals surface area contributed by atoms with Gasteiger partial charge in [0.2, 0.25) is 0 Å². The number of aromatic hydroxyl groups is 1. The van der Waals surface area contributed by atoms with Crippen LogP contribution in [0.15, 0.2) is 38.3 Å². The lowest BCUT2D eigenvalue weighted by Gasteiger charge is -2.11. The van der Waals surface area contributed by atoms with Crippen LogP contribution < -0.4 is 10.2 Å². The summed E-state index contributed by atoms with van der Waals surface area (Å²) in [5.74, 6) is 0.426. The number of hydrogen-bond acceptors (Lipinski definition) is 4. The van der Waals surface area contributed by atoms with Gasteiger partial charge in [-0.15, -0.1) is 0 Å². The molecule has 0 unspecified atom stereocenters. The van der Waals surface area contributed by atoms with E-state index in [0.29, 0.717) is 15.8 Å². The van der Waals surface area contributed by atoms with Crippen LogP contribution in [0.4, 0.5) is 0 Å². The third-order valence-electron chi connectivity index (χ3n) is 3.23. The second-order valence-electron chi connectivity index (χ2n) is 5.28. The first-order valence-corrected chi connectivity index (χ1v) is 9.84. The van der Waals surface area contributed by atoms with E-state index in [1.807, 2.05) is 26.0 Å². The van der Waals surface area contributed by atoms with Gasteiger partial charge in [0.1, 0.15) is 11.5 Å². The molecule has 5 nitrogen and oxygen atoms in total. The number of ether oxygens (including phenoxy) is 1. The molecule has 2 N–H and O–H groups in total. The van der Waals surface area contributed by atoms with Crippen molar-refractivity contribution in [2.24, 2.45) is 5.10 Å². The minimum atomic E-state index is -0.369. The van der Waals surface area contributed by atoms with E-state index in [0.717, 1.165) is 19.2 Å². The topological polar surface area (TPSA) is 70.9 Å². The third-order valence-corrected chi connectivity index (χ3v) is 5.18. The van der Waals surface area contributed by atoms with Gasteiger partial charge in [-0.1, -0.05) is 15.9 Å². The van der Waals surface area contributed by atoms with E-state index in [1.165, 1.54) is 12.3 Å². The Morgan fingerprint density at radius 1 is 1.24 bits per heavy atom. The Morgan fingerprint density at radius 2 is 1.88 bits per heavy atom. The van der Waals surface area contributed by atoms with Crippen molar-refractivity contribution < 1.29 is 14.6 Å². The Kier molecular flexibility index (Phi) is 7.26. The van der Waals surface area contributed by atoms with Crippen molar-refractivity contribution in [1.82, 2.24) is 5.43 Å². The Hall–Kier alpha value is -1.13. The van der Waals surface area contributed by atoms with Crippen molar-refractivity contribution in [3.63, 3.8) is 0 Å². The van der Waals surface area contributed by atoms with Crippen LogP contribution in [-0.4, -0.2) is 23.8 Å². The summed E-state index contributed by atoms with van der Waals surface area (Å²) in [6, 6.07) is 7.22. The van der Waals surface area contributed by atoms with Gasteiger partial charge in [-0.2, -0.15) is 5.10 Å². The quantitative estimate of drug-likeness (QED) is 0.306. The highest BCUT2D eigenvalue weighted by atomic mass is 127. The average molecular weight is 582 g/mol. The molecule has 0 bridgehead atoms. The van der Waals surface area contributed by atoms with Gasteiger partial charge in [0.05, 0.1) is 10.7 Å². The average Bonchev–Trinajstić information content (AvgIpc) is 2.51. The Balaban J connectivity index is 1.94. The van der Waals surface area contributed by atoms with E-state index >= 15 is 0 Å². The van der Waals surface area contributed by atoms with Crippen molar-refractivity contribution >= 4 is 66.6 Å². The maximum Gasteiger partial charge on any atom is 0.277 e. The number of carbonyl (C=O) groups is 1. The van der Waals surface area contributed by atoms with Gasteiger partial charge in [0, 0.05) is 13.6 Å². The second-order valence-corrected chi connectivity index (χ2v) is 8.23. The van der Waals surface area contributed by atoms with E-state index in [4.69, 9.17) is 4.74 Å². The van der Waals surface area contributed by atoms with Crippen LogP contribution in [0.2, 0.25) is 0 Å². The summed E-state index contributed by atoms with van der Waals surface area (Å²) in [5, 5.41) is 13.6. The molecule has 0 saturated heterocycles. The summed E-state index contributed by atoms with van der Waals surface area (Å²) >= 11 is 8.82. The van der Waals surface area contributed by atoms with Crippen molar-refractivity contribution in [2.75, 3.05) is 6.61 Å². The SMILES string of the molecule is Cc1cc(I)cc(C)c1OCC(=O)NN=Cc1cc(O)c(Br)cc1Br. The molecule has 0 aromatic heterocycles. The smallest absolute Gasteiger partial charge is 0.277 e. The predicted octanol–water partition coefficient (Wildman–Crippen LogP) is 4.67. The zero-order valence-electron chi connectivity index (χ0n) is 13.4. The lowest BCUT2D eigenvalue weighted by atomic mass is 10.1. The predicted molar refractivity (Wildman–Crippen MR) is 113 cm³/mol. The zero-order valence-corrected chi connectivity index (χ0v) is 18.8. The number of amides is 1. The molecule has 2 rings (SSSR count). The van der Waals surface area contributed by atoms with Gasteiger partial charge in [-0.05, 0) is 87.8 Å². The van der Waals surface area contributed by atoms with Gasteiger partial charge < -0.3 is 9.84 Å². The lowest BCUT2D eigenvalue weighted by molar-refractivity contribution is -0.123. The number of nitrogens with zero attached hydrogens (tertiary/aromatic N) is 1. The Bertz CT molecular complexity index is 818. The summed E-state index contributed by atoms with van der Waals surface area (Å²) in [6.07, 6.45) is 1.44. The highest BCUT2D eigenvalue weighted by Crippen LogP contribution is 2.29. The number of benzene rings is 2. The third kappa shape index (κ3) is 5.68. The lowest BCUT2D eigenvalue weighted by Crippen LogP contribution is -2.25. The molecule has 8 heteroatoms. The minimum Gasteiger partial charge on any atom is -0.507 e. The number of aryl methyl sites for hydroxylation is 2. The fourth-order valence-electron chi connectivity index (χ4n) is 2.12. The number of hydrogen-bond donors (Lipinski definition) is 2. The van der Waals surface area contributed by atoms with Crippen LogP contribution in [0.5, 0.6) is 11.5 Å². The van der Waals surface area contributed by atoms with Gasteiger partial charge >= 0.3 is 0 Å². The van der Waals surface area contributed by atoms with E-state index in [-0.39, 0.29) is 18.3 Å². The molecule has 0 aliphatic rings. The summed E-state index contributed by atoms with van der Waals surface area (Å²) in [5.41, 5.74) is 5.00. The van der Waals surface area contributed by atoms with E-state index in [1.54, 1.807) is 6.07 Å². The van der Waals surface area contributed by atoms with E-state index < -0.39 is 0 Å². The molecular formula is C17H15Br2IN2O3. The fourth-order valence-corrected chi connectivity index (χ4v) is 4.15. The first-order chi connectivity index (χ1) is 11.8. The molecular weight excluding hydrogens is 567 g/mol. The highest BCUT2D eigenvalue weighted by molar-refractivity contribution is 14.1. The molecule has 0 aliphatic heterocycles. The van der Waals surface area contributed by atoms with Crippen molar-refractivity contribution in [3.05, 3.63) is 53.5 Å². The molecule has 0 radical (unpaired) electrons. The molecule has 0 saturated carbocycles. The van der Waals surface area contributed by atoms with Gasteiger partial charge in [-0.25, -0.2) is 5.43 Å². The molecule has 2 aromatic carbocycles. The molecule has 0 fully saturated rings. The molecule has 0 atom stereocenters. The number of carbonyl (C=O) groups excluding carboxylic acids is 1. The van der Waals surface area contributed by atoms with Crippen molar-refractivity contribution in [2.45, 2.75) is 13.8 Å². The van der Waals surface area contributed by atoms with Gasteiger partial charge in [-0.3, -0.25) is 4.79 Å². The number of rotatable bonds is 5. The number of nitrogens with one attached hydrogen (secondary N) is 1.